The lowest BCUT2D eigenvalue weighted by molar-refractivity contribution is 0.478. The maximum atomic E-state index is 11.4. The maximum absolute atomic E-state index is 11.4. The quantitative estimate of drug-likeness (QED) is 0.752. The highest BCUT2D eigenvalue weighted by molar-refractivity contribution is 5.72. The topological polar surface area (TPSA) is 35.1 Å². The van der Waals surface area contributed by atoms with Crippen LogP contribution in [0.4, 0.5) is 0 Å². The van der Waals surface area contributed by atoms with Crippen molar-refractivity contribution in [2.75, 3.05) is 0 Å². The van der Waals surface area contributed by atoms with E-state index in [9.17, 15) is 4.79 Å². The summed E-state index contributed by atoms with van der Waals surface area (Å²) in [7, 11) is 0. The first-order valence-electron chi connectivity index (χ1n) is 6.03. The first-order valence-corrected chi connectivity index (χ1v) is 6.03. The summed E-state index contributed by atoms with van der Waals surface area (Å²) in [4.78, 5) is 11.4. The average molecular weight is 235 g/mol. The number of nitrogens with zero attached hydrogens (tertiary/aromatic N) is 1. The molecular weight excluding hydrogens is 214 g/mol. The standard InChI is InChI=1S/C10H11NO2.C4H10/c1-7(2)11-8-5-3-4-6-9(8)13-10(11)12;1-4(2)3/h3-7H,1-2H3;4H,1-3H3. The van der Waals surface area contributed by atoms with Crippen LogP contribution in [0.1, 0.15) is 40.7 Å². The molecule has 0 aliphatic rings. The van der Waals surface area contributed by atoms with E-state index >= 15 is 0 Å². The SMILES string of the molecule is CC(C)C.CC(C)n1c(=O)oc2ccccc21. The van der Waals surface area contributed by atoms with Crippen molar-refractivity contribution in [2.45, 2.75) is 40.7 Å². The van der Waals surface area contributed by atoms with E-state index in [2.05, 4.69) is 20.8 Å². The molecule has 0 bridgehead atoms. The third kappa shape index (κ3) is 3.48. The Hall–Kier alpha value is -1.51. The molecule has 17 heavy (non-hydrogen) atoms. The number of benzene rings is 1. The molecule has 0 saturated carbocycles. The second kappa shape index (κ2) is 5.71. The normalized spacial score (nSPS) is 10.8. The number of oxazole rings is 1. The summed E-state index contributed by atoms with van der Waals surface area (Å²) in [6.45, 7) is 10.4. The van der Waals surface area contributed by atoms with Crippen molar-refractivity contribution >= 4 is 11.1 Å². The molecular formula is C14H21NO2. The minimum Gasteiger partial charge on any atom is -0.408 e. The molecule has 0 atom stereocenters. The van der Waals surface area contributed by atoms with Crippen molar-refractivity contribution in [1.29, 1.82) is 0 Å². The Bertz CT molecular complexity index is 517. The Morgan fingerprint density at radius 3 is 2.12 bits per heavy atom. The van der Waals surface area contributed by atoms with E-state index < -0.39 is 0 Å². The highest BCUT2D eigenvalue weighted by Crippen LogP contribution is 2.15. The monoisotopic (exact) mass is 235 g/mol. The van der Waals surface area contributed by atoms with Crippen molar-refractivity contribution in [1.82, 2.24) is 4.57 Å². The molecule has 0 saturated heterocycles. The van der Waals surface area contributed by atoms with Gasteiger partial charge in [0.25, 0.3) is 0 Å². The number of hydrogen-bond donors (Lipinski definition) is 0. The van der Waals surface area contributed by atoms with Crippen molar-refractivity contribution in [3.63, 3.8) is 0 Å². The molecule has 0 fully saturated rings. The summed E-state index contributed by atoms with van der Waals surface area (Å²) < 4.78 is 6.72. The Labute approximate surface area is 102 Å². The molecule has 2 rings (SSSR count). The fourth-order valence-electron chi connectivity index (χ4n) is 1.47. The molecule has 0 N–H and O–H groups in total. The predicted molar refractivity (Wildman–Crippen MR) is 71.4 cm³/mol. The molecule has 3 heteroatoms. The average Bonchev–Trinajstić information content (AvgIpc) is 2.52. The van der Waals surface area contributed by atoms with Crippen molar-refractivity contribution < 1.29 is 4.42 Å². The van der Waals surface area contributed by atoms with Crippen LogP contribution >= 0.6 is 0 Å². The van der Waals surface area contributed by atoms with Gasteiger partial charge in [-0.15, -0.1) is 0 Å². The molecule has 0 unspecified atom stereocenters. The van der Waals surface area contributed by atoms with E-state index in [0.29, 0.717) is 5.58 Å². The van der Waals surface area contributed by atoms with Gasteiger partial charge in [0, 0.05) is 6.04 Å². The van der Waals surface area contributed by atoms with E-state index in [-0.39, 0.29) is 11.8 Å². The summed E-state index contributed by atoms with van der Waals surface area (Å²) in [6.07, 6.45) is 0. The minimum absolute atomic E-state index is 0.135. The number of fused-ring (bicyclic) bond motifs is 1. The maximum Gasteiger partial charge on any atom is 0.420 e. The van der Waals surface area contributed by atoms with Crippen molar-refractivity contribution in [3.05, 3.63) is 34.8 Å². The lowest BCUT2D eigenvalue weighted by Crippen LogP contribution is -2.15. The second-order valence-electron chi connectivity index (χ2n) is 5.03. The van der Waals surface area contributed by atoms with Gasteiger partial charge in [-0.05, 0) is 31.9 Å². The summed E-state index contributed by atoms with van der Waals surface area (Å²) in [5.74, 6) is 0.552. The van der Waals surface area contributed by atoms with Crippen LogP contribution < -0.4 is 5.76 Å². The molecule has 0 aliphatic heterocycles. The Kier molecular flexibility index (Phi) is 4.55. The second-order valence-corrected chi connectivity index (χ2v) is 5.03. The fraction of sp³-hybridized carbons (Fsp3) is 0.500. The van der Waals surface area contributed by atoms with E-state index in [1.807, 2.05) is 32.0 Å². The molecule has 0 amide bonds. The van der Waals surface area contributed by atoms with Gasteiger partial charge in [-0.2, -0.15) is 0 Å². The van der Waals surface area contributed by atoms with Gasteiger partial charge in [0.05, 0.1) is 5.52 Å². The zero-order valence-electron chi connectivity index (χ0n) is 11.2. The van der Waals surface area contributed by atoms with Gasteiger partial charge in [-0.1, -0.05) is 32.9 Å². The van der Waals surface area contributed by atoms with Crippen LogP contribution in [0.3, 0.4) is 0 Å². The van der Waals surface area contributed by atoms with Gasteiger partial charge in [-0.25, -0.2) is 4.79 Å². The van der Waals surface area contributed by atoms with Gasteiger partial charge in [0.1, 0.15) is 0 Å². The van der Waals surface area contributed by atoms with Gasteiger partial charge < -0.3 is 4.42 Å². The zero-order valence-corrected chi connectivity index (χ0v) is 11.2. The smallest absolute Gasteiger partial charge is 0.408 e. The Morgan fingerprint density at radius 1 is 1.06 bits per heavy atom. The molecule has 3 nitrogen and oxygen atoms in total. The lowest BCUT2D eigenvalue weighted by Gasteiger charge is -2.03. The molecule has 0 radical (unpaired) electrons. The molecule has 1 aromatic carbocycles. The third-order valence-electron chi connectivity index (χ3n) is 2.04. The van der Waals surface area contributed by atoms with E-state index in [0.717, 1.165) is 11.4 Å². The van der Waals surface area contributed by atoms with E-state index in [1.54, 1.807) is 10.6 Å². The van der Waals surface area contributed by atoms with Crippen LogP contribution in [0.2, 0.25) is 0 Å². The van der Waals surface area contributed by atoms with E-state index in [4.69, 9.17) is 4.42 Å². The third-order valence-corrected chi connectivity index (χ3v) is 2.04. The number of hydrogen-bond acceptors (Lipinski definition) is 2. The molecule has 0 spiro atoms. The summed E-state index contributed by atoms with van der Waals surface area (Å²) >= 11 is 0. The summed E-state index contributed by atoms with van der Waals surface area (Å²) in [6, 6.07) is 7.58. The number of rotatable bonds is 1. The van der Waals surface area contributed by atoms with Crippen molar-refractivity contribution in [3.8, 4) is 0 Å². The molecule has 94 valence electrons. The summed E-state index contributed by atoms with van der Waals surface area (Å²) in [5.41, 5.74) is 1.52. The van der Waals surface area contributed by atoms with Gasteiger partial charge in [-0.3, -0.25) is 4.57 Å². The zero-order chi connectivity index (χ0) is 13.0. The largest absolute Gasteiger partial charge is 0.420 e. The lowest BCUT2D eigenvalue weighted by atomic mass is 10.3. The van der Waals surface area contributed by atoms with Crippen LogP contribution in [0.15, 0.2) is 33.5 Å². The molecule has 2 aromatic rings. The van der Waals surface area contributed by atoms with Gasteiger partial charge in [0.2, 0.25) is 0 Å². The van der Waals surface area contributed by atoms with Crippen LogP contribution in [0.25, 0.3) is 11.1 Å². The summed E-state index contributed by atoms with van der Waals surface area (Å²) in [5, 5.41) is 0. The first-order chi connectivity index (χ1) is 7.93. The molecule has 1 heterocycles. The molecule has 1 aromatic heterocycles. The fourth-order valence-corrected chi connectivity index (χ4v) is 1.47. The first kappa shape index (κ1) is 13.6. The van der Waals surface area contributed by atoms with Crippen LogP contribution in [0, 0.1) is 5.92 Å². The van der Waals surface area contributed by atoms with Gasteiger partial charge >= 0.3 is 5.76 Å². The van der Waals surface area contributed by atoms with Crippen LogP contribution in [0.5, 0.6) is 0 Å². The number of para-hydroxylation sites is 2. The van der Waals surface area contributed by atoms with E-state index in [1.165, 1.54) is 0 Å². The number of aromatic nitrogens is 1. The van der Waals surface area contributed by atoms with Gasteiger partial charge in [0.15, 0.2) is 5.58 Å². The highest BCUT2D eigenvalue weighted by Gasteiger charge is 2.09. The predicted octanol–water partition coefficient (Wildman–Crippen LogP) is 3.84. The minimum atomic E-state index is -0.281. The molecule has 0 aliphatic carbocycles. The Balaban J connectivity index is 0.000000317. The highest BCUT2D eigenvalue weighted by atomic mass is 16.4. The van der Waals surface area contributed by atoms with Crippen molar-refractivity contribution in [2.24, 2.45) is 5.92 Å². The Morgan fingerprint density at radius 2 is 1.59 bits per heavy atom. The van der Waals surface area contributed by atoms with Crippen LogP contribution in [-0.2, 0) is 0 Å². The van der Waals surface area contributed by atoms with Crippen LogP contribution in [-0.4, -0.2) is 4.57 Å².